The van der Waals surface area contributed by atoms with E-state index in [4.69, 9.17) is 0 Å². The van der Waals surface area contributed by atoms with Gasteiger partial charge in [0.15, 0.2) is 0 Å². The molecule has 2 fully saturated rings. The first-order valence-electron chi connectivity index (χ1n) is 7.82. The van der Waals surface area contributed by atoms with Gasteiger partial charge in [0.1, 0.15) is 6.33 Å². The van der Waals surface area contributed by atoms with E-state index in [1.54, 1.807) is 17.1 Å². The second kappa shape index (κ2) is 5.61. The Bertz CT molecular complexity index is 704. The average molecular weight is 297 g/mol. The summed E-state index contributed by atoms with van der Waals surface area (Å²) in [5.74, 6) is 1.09. The topological polar surface area (TPSA) is 63.9 Å². The van der Waals surface area contributed by atoms with Crippen LogP contribution in [-0.4, -0.2) is 37.7 Å². The molecule has 0 aromatic carbocycles. The third kappa shape index (κ3) is 2.92. The molecule has 0 amide bonds. The fourth-order valence-electron chi connectivity index (χ4n) is 3.03. The highest BCUT2D eigenvalue weighted by Crippen LogP contribution is 2.38. The standard InChI is InChI=1S/C16H19N5O/c22-16-4-3-15(14-1-2-14)19-21(16)10-13-8-20(9-13)7-12-5-17-11-18-6-12/h3-6,11,13-14H,1-2,7-10H2. The summed E-state index contributed by atoms with van der Waals surface area (Å²) in [6.07, 6.45) is 7.67. The Kier molecular flexibility index (Phi) is 3.46. The van der Waals surface area contributed by atoms with Crippen LogP contribution in [0.25, 0.3) is 0 Å². The van der Waals surface area contributed by atoms with Gasteiger partial charge in [-0.25, -0.2) is 14.6 Å². The van der Waals surface area contributed by atoms with Gasteiger partial charge in [-0.05, 0) is 18.9 Å². The van der Waals surface area contributed by atoms with Crippen LogP contribution in [0.15, 0.2) is 35.6 Å². The maximum Gasteiger partial charge on any atom is 0.266 e. The van der Waals surface area contributed by atoms with Crippen molar-refractivity contribution in [2.24, 2.45) is 5.92 Å². The number of likely N-dealkylation sites (tertiary alicyclic amines) is 1. The molecule has 0 radical (unpaired) electrons. The van der Waals surface area contributed by atoms with Crippen molar-refractivity contribution < 1.29 is 0 Å². The Morgan fingerprint density at radius 1 is 1.14 bits per heavy atom. The molecule has 22 heavy (non-hydrogen) atoms. The van der Waals surface area contributed by atoms with Gasteiger partial charge in [-0.1, -0.05) is 0 Å². The molecule has 0 atom stereocenters. The van der Waals surface area contributed by atoms with E-state index >= 15 is 0 Å². The number of hydrogen-bond donors (Lipinski definition) is 0. The fourth-order valence-corrected chi connectivity index (χ4v) is 3.03. The van der Waals surface area contributed by atoms with Crippen molar-refractivity contribution >= 4 is 0 Å². The van der Waals surface area contributed by atoms with Crippen LogP contribution in [0.5, 0.6) is 0 Å². The van der Waals surface area contributed by atoms with Gasteiger partial charge in [-0.3, -0.25) is 9.69 Å². The molecule has 114 valence electrons. The van der Waals surface area contributed by atoms with Gasteiger partial charge in [0.25, 0.3) is 5.56 Å². The van der Waals surface area contributed by atoms with E-state index in [1.165, 1.54) is 12.8 Å². The van der Waals surface area contributed by atoms with Crippen LogP contribution in [0, 0.1) is 5.92 Å². The van der Waals surface area contributed by atoms with Crippen LogP contribution < -0.4 is 5.56 Å². The second-order valence-corrected chi connectivity index (χ2v) is 6.36. The maximum atomic E-state index is 11.9. The SMILES string of the molecule is O=c1ccc(C2CC2)nn1CC1CN(Cc2cncnc2)C1. The highest BCUT2D eigenvalue weighted by molar-refractivity contribution is 5.12. The molecule has 0 bridgehead atoms. The lowest BCUT2D eigenvalue weighted by atomic mass is 9.99. The van der Waals surface area contributed by atoms with Crippen molar-refractivity contribution in [3.63, 3.8) is 0 Å². The Morgan fingerprint density at radius 3 is 2.64 bits per heavy atom. The van der Waals surface area contributed by atoms with E-state index in [0.29, 0.717) is 11.8 Å². The van der Waals surface area contributed by atoms with Crippen molar-refractivity contribution in [2.45, 2.75) is 31.8 Å². The Hall–Kier alpha value is -2.08. The van der Waals surface area contributed by atoms with Crippen LogP contribution in [0.4, 0.5) is 0 Å². The first-order valence-corrected chi connectivity index (χ1v) is 7.82. The smallest absolute Gasteiger partial charge is 0.266 e. The van der Waals surface area contributed by atoms with Crippen LogP contribution in [0.1, 0.15) is 30.0 Å². The third-order valence-corrected chi connectivity index (χ3v) is 4.37. The molecule has 0 N–H and O–H groups in total. The van der Waals surface area contributed by atoms with E-state index < -0.39 is 0 Å². The molecule has 1 saturated carbocycles. The van der Waals surface area contributed by atoms with Crippen molar-refractivity contribution in [1.82, 2.24) is 24.6 Å². The lowest BCUT2D eigenvalue weighted by Gasteiger charge is -2.39. The summed E-state index contributed by atoms with van der Waals surface area (Å²) in [5.41, 5.74) is 2.23. The average Bonchev–Trinajstić information content (AvgIpc) is 3.33. The third-order valence-electron chi connectivity index (χ3n) is 4.37. The summed E-state index contributed by atoms with van der Waals surface area (Å²) in [4.78, 5) is 22.3. The lowest BCUT2D eigenvalue weighted by molar-refractivity contribution is 0.0763. The minimum Gasteiger partial charge on any atom is -0.298 e. The molecule has 0 spiro atoms. The van der Waals surface area contributed by atoms with Crippen molar-refractivity contribution in [2.75, 3.05) is 13.1 Å². The quantitative estimate of drug-likeness (QED) is 0.825. The van der Waals surface area contributed by atoms with Crippen LogP contribution in [-0.2, 0) is 13.1 Å². The van der Waals surface area contributed by atoms with E-state index in [9.17, 15) is 4.79 Å². The Balaban J connectivity index is 1.34. The number of aromatic nitrogens is 4. The van der Waals surface area contributed by atoms with Gasteiger partial charge >= 0.3 is 0 Å². The molecule has 1 saturated heterocycles. The van der Waals surface area contributed by atoms with Gasteiger partial charge in [0.05, 0.1) is 12.2 Å². The maximum absolute atomic E-state index is 11.9. The summed E-state index contributed by atoms with van der Waals surface area (Å²) >= 11 is 0. The highest BCUT2D eigenvalue weighted by atomic mass is 16.1. The van der Waals surface area contributed by atoms with Crippen molar-refractivity contribution in [1.29, 1.82) is 0 Å². The van der Waals surface area contributed by atoms with Gasteiger partial charge < -0.3 is 0 Å². The molecule has 2 aromatic heterocycles. The highest BCUT2D eigenvalue weighted by Gasteiger charge is 2.29. The second-order valence-electron chi connectivity index (χ2n) is 6.36. The zero-order valence-corrected chi connectivity index (χ0v) is 12.4. The Labute approximate surface area is 128 Å². The number of rotatable bonds is 5. The molecule has 3 heterocycles. The molecule has 6 heteroatoms. The largest absolute Gasteiger partial charge is 0.298 e. The van der Waals surface area contributed by atoms with Gasteiger partial charge in [0.2, 0.25) is 0 Å². The lowest BCUT2D eigenvalue weighted by Crippen LogP contribution is -2.48. The molecule has 1 aliphatic carbocycles. The predicted octanol–water partition coefficient (Wildman–Crippen LogP) is 1.04. The molecule has 1 aliphatic heterocycles. The minimum absolute atomic E-state index is 0.0132. The normalized spacial score (nSPS) is 19.1. The fraction of sp³-hybridized carbons (Fsp3) is 0.500. The summed E-state index contributed by atoms with van der Waals surface area (Å²) in [5, 5.41) is 4.53. The van der Waals surface area contributed by atoms with Crippen molar-refractivity contribution in [3.8, 4) is 0 Å². The zero-order chi connectivity index (χ0) is 14.9. The van der Waals surface area contributed by atoms with Gasteiger partial charge in [0, 0.05) is 55.5 Å². The van der Waals surface area contributed by atoms with E-state index in [-0.39, 0.29) is 5.56 Å². The first kappa shape index (κ1) is 13.6. The number of nitrogens with zero attached hydrogens (tertiary/aromatic N) is 5. The molecule has 2 aromatic rings. The van der Waals surface area contributed by atoms with E-state index in [1.807, 2.05) is 18.5 Å². The Morgan fingerprint density at radius 2 is 1.91 bits per heavy atom. The van der Waals surface area contributed by atoms with E-state index in [2.05, 4.69) is 20.0 Å². The van der Waals surface area contributed by atoms with E-state index in [0.717, 1.165) is 37.4 Å². The molecular weight excluding hydrogens is 278 g/mol. The number of hydrogen-bond acceptors (Lipinski definition) is 5. The van der Waals surface area contributed by atoms with Gasteiger partial charge in [-0.15, -0.1) is 0 Å². The predicted molar refractivity (Wildman–Crippen MR) is 81.3 cm³/mol. The van der Waals surface area contributed by atoms with Crippen LogP contribution in [0.3, 0.4) is 0 Å². The molecule has 4 rings (SSSR count). The van der Waals surface area contributed by atoms with Gasteiger partial charge in [-0.2, -0.15) is 5.10 Å². The molecule has 6 nitrogen and oxygen atoms in total. The minimum atomic E-state index is 0.0132. The van der Waals surface area contributed by atoms with Crippen LogP contribution >= 0.6 is 0 Å². The summed E-state index contributed by atoms with van der Waals surface area (Å²) in [7, 11) is 0. The summed E-state index contributed by atoms with van der Waals surface area (Å²) in [6, 6.07) is 3.55. The molecular formula is C16H19N5O. The monoisotopic (exact) mass is 297 g/mol. The molecule has 2 aliphatic rings. The first-order chi connectivity index (χ1) is 10.8. The summed E-state index contributed by atoms with van der Waals surface area (Å²) in [6.45, 7) is 3.59. The van der Waals surface area contributed by atoms with Crippen molar-refractivity contribution in [3.05, 3.63) is 52.5 Å². The van der Waals surface area contributed by atoms with Crippen LogP contribution in [0.2, 0.25) is 0 Å². The molecule has 0 unspecified atom stereocenters. The zero-order valence-electron chi connectivity index (χ0n) is 12.4. The summed E-state index contributed by atoms with van der Waals surface area (Å²) < 4.78 is 1.65.